The van der Waals surface area contributed by atoms with Crippen LogP contribution in [-0.2, 0) is 0 Å². The van der Waals surface area contributed by atoms with Crippen LogP contribution in [0, 0.1) is 0 Å². The Balaban J connectivity index is 1.47. The molecule has 0 unspecified atom stereocenters. The maximum absolute atomic E-state index is 4.82. The molecule has 1 N–H and O–H groups in total. The van der Waals surface area contributed by atoms with E-state index in [0.717, 1.165) is 49.3 Å². The number of allylic oxidation sites excluding steroid dienone is 1. The third-order valence-corrected chi connectivity index (χ3v) is 4.95. The Morgan fingerprint density at radius 3 is 2.33 bits per heavy atom. The molecule has 2 aromatic rings. The van der Waals surface area contributed by atoms with Gasteiger partial charge in [-0.25, -0.2) is 0 Å². The van der Waals surface area contributed by atoms with E-state index >= 15 is 0 Å². The van der Waals surface area contributed by atoms with Gasteiger partial charge >= 0.3 is 0 Å². The van der Waals surface area contributed by atoms with Gasteiger partial charge in [0, 0.05) is 38.5 Å². The molecule has 140 valence electrons. The maximum Gasteiger partial charge on any atom is 0.229 e. The molecule has 27 heavy (non-hydrogen) atoms. The van der Waals surface area contributed by atoms with Crippen molar-refractivity contribution < 1.29 is 0 Å². The van der Waals surface area contributed by atoms with E-state index in [9.17, 15) is 0 Å². The fourth-order valence-corrected chi connectivity index (χ4v) is 3.51. The predicted molar refractivity (Wildman–Crippen MR) is 113 cm³/mol. The smallest absolute Gasteiger partial charge is 0.229 e. The molecule has 0 amide bonds. The minimum absolute atomic E-state index is 0.748. The Hall–Kier alpha value is -2.89. The summed E-state index contributed by atoms with van der Waals surface area (Å²) in [5.41, 5.74) is 4.22. The molecule has 0 aliphatic carbocycles. The number of aromatic nitrogens is 2. The molecule has 0 atom stereocenters. The molecule has 0 bridgehead atoms. The predicted octanol–water partition coefficient (Wildman–Crippen LogP) is 3.79. The van der Waals surface area contributed by atoms with Crippen LogP contribution in [0.1, 0.15) is 31.2 Å². The first-order valence-electron chi connectivity index (χ1n) is 9.78. The number of hydrazone groups is 1. The van der Waals surface area contributed by atoms with Crippen molar-refractivity contribution in [1.29, 1.82) is 0 Å². The van der Waals surface area contributed by atoms with Crippen LogP contribution in [0.2, 0.25) is 0 Å². The van der Waals surface area contributed by atoms with Crippen molar-refractivity contribution in [3.63, 3.8) is 0 Å². The summed E-state index contributed by atoms with van der Waals surface area (Å²) in [5, 5.41) is 4.30. The lowest BCUT2D eigenvalue weighted by molar-refractivity contribution is 0.871. The maximum atomic E-state index is 4.82. The lowest BCUT2D eigenvalue weighted by atomic mass is 10.2. The van der Waals surface area contributed by atoms with Crippen LogP contribution in [0.3, 0.4) is 0 Å². The second-order valence-corrected chi connectivity index (χ2v) is 6.96. The van der Waals surface area contributed by atoms with Crippen molar-refractivity contribution in [2.45, 2.75) is 25.7 Å². The Kier molecular flexibility index (Phi) is 5.62. The van der Waals surface area contributed by atoms with Crippen LogP contribution in [-0.4, -0.2) is 42.4 Å². The van der Waals surface area contributed by atoms with Crippen LogP contribution in [0.4, 0.5) is 17.6 Å². The van der Waals surface area contributed by atoms with E-state index < -0.39 is 0 Å². The van der Waals surface area contributed by atoms with Crippen molar-refractivity contribution in [3.8, 4) is 0 Å². The normalized spacial score (nSPS) is 17.5. The number of hydrogen-bond donors (Lipinski definition) is 1. The molecule has 0 radical (unpaired) electrons. The summed E-state index contributed by atoms with van der Waals surface area (Å²) in [5.74, 6) is 2.56. The molecule has 0 saturated carbocycles. The summed E-state index contributed by atoms with van der Waals surface area (Å²) < 4.78 is 0. The molecule has 2 aliphatic rings. The van der Waals surface area contributed by atoms with Gasteiger partial charge in [0.1, 0.15) is 5.82 Å². The zero-order valence-corrected chi connectivity index (χ0v) is 15.6. The Morgan fingerprint density at radius 1 is 0.889 bits per heavy atom. The lowest BCUT2D eigenvalue weighted by Gasteiger charge is -2.21. The Labute approximate surface area is 160 Å². The molecule has 6 nitrogen and oxygen atoms in total. The minimum atomic E-state index is 0.748. The summed E-state index contributed by atoms with van der Waals surface area (Å²) in [6.07, 6.45) is 10.6. The van der Waals surface area contributed by atoms with E-state index in [-0.39, 0.29) is 0 Å². The molecule has 0 spiro atoms. The first-order valence-corrected chi connectivity index (χ1v) is 9.78. The summed E-state index contributed by atoms with van der Waals surface area (Å²) in [7, 11) is 0. The fraction of sp³-hybridized carbons (Fsp3) is 0.381. The molecule has 2 aliphatic heterocycles. The highest BCUT2D eigenvalue weighted by molar-refractivity contribution is 5.78. The van der Waals surface area contributed by atoms with E-state index in [0.29, 0.717) is 0 Å². The van der Waals surface area contributed by atoms with Gasteiger partial charge in [-0.15, -0.1) is 0 Å². The van der Waals surface area contributed by atoms with Gasteiger partial charge < -0.3 is 9.80 Å². The van der Waals surface area contributed by atoms with E-state index in [1.165, 1.54) is 25.7 Å². The topological polar surface area (TPSA) is 56.7 Å². The van der Waals surface area contributed by atoms with E-state index in [2.05, 4.69) is 37.4 Å². The van der Waals surface area contributed by atoms with Crippen LogP contribution >= 0.6 is 0 Å². The van der Waals surface area contributed by atoms with Crippen LogP contribution < -0.4 is 15.2 Å². The molecule has 2 fully saturated rings. The highest BCUT2D eigenvalue weighted by Crippen LogP contribution is 2.25. The fourth-order valence-electron chi connectivity index (χ4n) is 3.51. The van der Waals surface area contributed by atoms with Crippen molar-refractivity contribution in [1.82, 2.24) is 9.97 Å². The van der Waals surface area contributed by atoms with Crippen molar-refractivity contribution in [3.05, 3.63) is 48.0 Å². The zero-order valence-electron chi connectivity index (χ0n) is 15.6. The van der Waals surface area contributed by atoms with Crippen molar-refractivity contribution >= 4 is 29.9 Å². The number of anilines is 3. The van der Waals surface area contributed by atoms with Crippen LogP contribution in [0.25, 0.3) is 6.08 Å². The first kappa shape index (κ1) is 17.5. The number of nitrogens with one attached hydrogen (secondary N) is 1. The highest BCUT2D eigenvalue weighted by atomic mass is 15.4. The van der Waals surface area contributed by atoms with Gasteiger partial charge in [-0.1, -0.05) is 36.4 Å². The standard InChI is InChI=1S/C21H26N6/c1-2-9-18(10-3-1)11-8-12-22-25-19-17-20(26-13-4-5-14-26)24-21(23-19)27-15-6-7-16-27/h1-3,8-12,17H,4-7,13-16H2,(H,23,24,25)/b11-8+,22-12-. The quantitative estimate of drug-likeness (QED) is 0.626. The second kappa shape index (κ2) is 8.66. The first-order chi connectivity index (χ1) is 13.4. The Bertz CT molecular complexity index is 755. The van der Waals surface area contributed by atoms with Crippen molar-refractivity contribution in [2.24, 2.45) is 5.10 Å². The number of hydrogen-bond acceptors (Lipinski definition) is 6. The molecule has 4 rings (SSSR count). The summed E-state index contributed by atoms with van der Waals surface area (Å²) in [6.45, 7) is 4.20. The average Bonchev–Trinajstić information content (AvgIpc) is 3.42. The molecule has 1 aromatic carbocycles. The average molecular weight is 362 g/mol. The monoisotopic (exact) mass is 362 g/mol. The van der Waals surface area contributed by atoms with Gasteiger partial charge in [0.05, 0.1) is 0 Å². The van der Waals surface area contributed by atoms with Crippen molar-refractivity contribution in [2.75, 3.05) is 41.4 Å². The van der Waals surface area contributed by atoms with Gasteiger partial charge in [0.15, 0.2) is 5.82 Å². The molecule has 2 saturated heterocycles. The van der Waals surface area contributed by atoms with Gasteiger partial charge in [0.2, 0.25) is 5.95 Å². The zero-order chi connectivity index (χ0) is 18.3. The minimum Gasteiger partial charge on any atom is -0.356 e. The summed E-state index contributed by atoms with van der Waals surface area (Å²) >= 11 is 0. The lowest BCUT2D eigenvalue weighted by Crippen LogP contribution is -2.24. The molecule has 3 heterocycles. The second-order valence-electron chi connectivity index (χ2n) is 6.96. The third kappa shape index (κ3) is 4.64. The van der Waals surface area contributed by atoms with Gasteiger partial charge in [-0.05, 0) is 37.3 Å². The van der Waals surface area contributed by atoms with E-state index in [4.69, 9.17) is 4.98 Å². The molecular weight excluding hydrogens is 336 g/mol. The van der Waals surface area contributed by atoms with Gasteiger partial charge in [0.25, 0.3) is 0 Å². The largest absolute Gasteiger partial charge is 0.356 e. The third-order valence-electron chi connectivity index (χ3n) is 4.95. The number of rotatable bonds is 6. The molecule has 1 aromatic heterocycles. The highest BCUT2D eigenvalue weighted by Gasteiger charge is 2.20. The molecule has 6 heteroatoms. The Morgan fingerprint density at radius 2 is 1.59 bits per heavy atom. The van der Waals surface area contributed by atoms with E-state index in [1.807, 2.05) is 36.4 Å². The SMILES string of the molecule is C(/C=C/c1ccccc1)=N/Nc1cc(N2CCCC2)nc(N2CCCC2)n1. The summed E-state index contributed by atoms with van der Waals surface area (Å²) in [6, 6.07) is 12.2. The number of nitrogens with zero attached hydrogens (tertiary/aromatic N) is 5. The van der Waals surface area contributed by atoms with E-state index in [1.54, 1.807) is 6.21 Å². The van der Waals surface area contributed by atoms with Crippen LogP contribution in [0.15, 0.2) is 47.6 Å². The van der Waals surface area contributed by atoms with Gasteiger partial charge in [-0.2, -0.15) is 15.1 Å². The van der Waals surface area contributed by atoms with Gasteiger partial charge in [-0.3, -0.25) is 5.43 Å². The summed E-state index contributed by atoms with van der Waals surface area (Å²) in [4.78, 5) is 14.1. The number of benzene rings is 1. The van der Waals surface area contributed by atoms with Crippen LogP contribution in [0.5, 0.6) is 0 Å². The molecular formula is C21H26N6.